The highest BCUT2D eigenvalue weighted by Gasteiger charge is 2.57. The van der Waals surface area contributed by atoms with E-state index in [2.05, 4.69) is 5.16 Å². The maximum atomic E-state index is 12.5. The van der Waals surface area contributed by atoms with E-state index >= 15 is 0 Å². The average molecular weight is 316 g/mol. The molecule has 0 aromatic heterocycles. The molecule has 0 radical (unpaired) electrons. The Bertz CT molecular complexity index is 670. The normalized spacial score (nSPS) is 22.7. The van der Waals surface area contributed by atoms with Crippen molar-refractivity contribution in [2.75, 3.05) is 13.2 Å². The van der Waals surface area contributed by atoms with E-state index in [1.807, 2.05) is 30.3 Å². The van der Waals surface area contributed by atoms with Gasteiger partial charge in [-0.1, -0.05) is 35.5 Å². The number of amides is 2. The highest BCUT2D eigenvalue weighted by atomic mass is 16.7. The van der Waals surface area contributed by atoms with Gasteiger partial charge in [-0.25, -0.2) is 4.79 Å². The molecule has 0 aliphatic carbocycles. The lowest BCUT2D eigenvalue weighted by Gasteiger charge is -2.15. The summed E-state index contributed by atoms with van der Waals surface area (Å²) in [6.45, 7) is 2.06. The number of carbonyl (C=O) groups excluding carboxylic acids is 3. The third kappa shape index (κ3) is 2.69. The second-order valence-corrected chi connectivity index (χ2v) is 5.26. The third-order valence-corrected chi connectivity index (χ3v) is 3.85. The molecule has 120 valence electrons. The van der Waals surface area contributed by atoms with Crippen molar-refractivity contribution in [1.82, 2.24) is 4.90 Å². The van der Waals surface area contributed by atoms with Crippen LogP contribution in [-0.2, 0) is 30.4 Å². The van der Waals surface area contributed by atoms with Crippen LogP contribution in [0.3, 0.4) is 0 Å². The number of hydrogen-bond donors (Lipinski definition) is 0. The molecule has 23 heavy (non-hydrogen) atoms. The Kier molecular flexibility index (Phi) is 4.10. The molecule has 0 bridgehead atoms. The number of oxime groups is 1. The van der Waals surface area contributed by atoms with Gasteiger partial charge in [-0.05, 0) is 18.9 Å². The van der Waals surface area contributed by atoms with E-state index in [0.717, 1.165) is 10.5 Å². The number of rotatable bonds is 5. The van der Waals surface area contributed by atoms with Crippen LogP contribution in [0.15, 0.2) is 35.5 Å². The minimum absolute atomic E-state index is 0.127. The van der Waals surface area contributed by atoms with Gasteiger partial charge in [0.05, 0.1) is 6.61 Å². The van der Waals surface area contributed by atoms with Gasteiger partial charge in [0, 0.05) is 6.54 Å². The first kappa shape index (κ1) is 15.2. The van der Waals surface area contributed by atoms with Gasteiger partial charge in [-0.3, -0.25) is 14.5 Å². The second kappa shape index (κ2) is 6.20. The summed E-state index contributed by atoms with van der Waals surface area (Å²) in [6.07, 6.45) is -0.499. The zero-order chi connectivity index (χ0) is 16.4. The molecule has 2 heterocycles. The lowest BCUT2D eigenvalue weighted by Crippen LogP contribution is -2.36. The van der Waals surface area contributed by atoms with E-state index in [0.29, 0.717) is 6.42 Å². The number of fused-ring (bicyclic) bond motifs is 1. The molecule has 2 amide bonds. The first-order valence-corrected chi connectivity index (χ1v) is 7.43. The summed E-state index contributed by atoms with van der Waals surface area (Å²) in [5.41, 5.74) is 0.891. The van der Waals surface area contributed by atoms with Crippen molar-refractivity contribution in [2.45, 2.75) is 19.4 Å². The van der Waals surface area contributed by atoms with Crippen molar-refractivity contribution in [2.24, 2.45) is 11.1 Å². The lowest BCUT2D eigenvalue weighted by atomic mass is 10.00. The molecule has 1 saturated heterocycles. The van der Waals surface area contributed by atoms with Crippen molar-refractivity contribution in [3.8, 4) is 0 Å². The molecular formula is C16H16N2O5. The summed E-state index contributed by atoms with van der Waals surface area (Å²) in [7, 11) is 0. The number of esters is 1. The quantitative estimate of drug-likeness (QED) is 0.584. The minimum atomic E-state index is -1.04. The summed E-state index contributed by atoms with van der Waals surface area (Å²) in [4.78, 5) is 42.7. The van der Waals surface area contributed by atoms with Crippen LogP contribution in [0.4, 0.5) is 0 Å². The zero-order valence-corrected chi connectivity index (χ0v) is 12.6. The highest BCUT2D eigenvalue weighted by Crippen LogP contribution is 2.30. The molecular weight excluding hydrogens is 300 g/mol. The first-order chi connectivity index (χ1) is 11.1. The molecule has 3 rings (SSSR count). The molecule has 0 N–H and O–H groups in total. The van der Waals surface area contributed by atoms with Crippen molar-refractivity contribution >= 4 is 23.5 Å². The second-order valence-electron chi connectivity index (χ2n) is 5.26. The molecule has 2 atom stereocenters. The summed E-state index contributed by atoms with van der Waals surface area (Å²) in [5.74, 6) is -2.62. The Morgan fingerprint density at radius 1 is 1.26 bits per heavy atom. The van der Waals surface area contributed by atoms with Crippen molar-refractivity contribution in [1.29, 1.82) is 0 Å². The number of ether oxygens (including phenoxy) is 1. The third-order valence-electron chi connectivity index (χ3n) is 3.85. The molecule has 0 saturated carbocycles. The van der Waals surface area contributed by atoms with Gasteiger partial charge in [0.1, 0.15) is 5.92 Å². The van der Waals surface area contributed by atoms with Crippen LogP contribution in [0.2, 0.25) is 0 Å². The Morgan fingerprint density at radius 2 is 2.00 bits per heavy atom. The van der Waals surface area contributed by atoms with Gasteiger partial charge in [0.15, 0.2) is 5.71 Å². The topological polar surface area (TPSA) is 85.3 Å². The number of nitrogens with zero attached hydrogens (tertiary/aromatic N) is 2. The molecule has 1 fully saturated rings. The Morgan fingerprint density at radius 3 is 2.70 bits per heavy atom. The zero-order valence-electron chi connectivity index (χ0n) is 12.6. The number of imide groups is 1. The van der Waals surface area contributed by atoms with Crippen LogP contribution in [0.25, 0.3) is 0 Å². The predicted octanol–water partition coefficient (Wildman–Crippen LogP) is 0.532. The molecule has 2 aliphatic heterocycles. The average Bonchev–Trinajstić information content (AvgIpc) is 3.09. The molecule has 2 aliphatic rings. The van der Waals surface area contributed by atoms with E-state index in [1.54, 1.807) is 6.92 Å². The van der Waals surface area contributed by atoms with Gasteiger partial charge in [-0.2, -0.15) is 0 Å². The summed E-state index contributed by atoms with van der Waals surface area (Å²) < 4.78 is 4.85. The maximum Gasteiger partial charge on any atom is 0.357 e. The van der Waals surface area contributed by atoms with E-state index in [9.17, 15) is 14.4 Å². The van der Waals surface area contributed by atoms with Crippen LogP contribution >= 0.6 is 0 Å². The molecule has 1 aromatic rings. The summed E-state index contributed by atoms with van der Waals surface area (Å²) in [6, 6.07) is 9.54. The summed E-state index contributed by atoms with van der Waals surface area (Å²) >= 11 is 0. The molecule has 0 unspecified atom stereocenters. The van der Waals surface area contributed by atoms with Crippen LogP contribution < -0.4 is 0 Å². The van der Waals surface area contributed by atoms with Gasteiger partial charge in [-0.15, -0.1) is 0 Å². The number of hydrogen-bond acceptors (Lipinski definition) is 6. The fourth-order valence-electron chi connectivity index (χ4n) is 2.71. The van der Waals surface area contributed by atoms with Gasteiger partial charge in [0.25, 0.3) is 5.91 Å². The van der Waals surface area contributed by atoms with Gasteiger partial charge in [0.2, 0.25) is 12.0 Å². The number of carbonyl (C=O) groups is 3. The van der Waals surface area contributed by atoms with Gasteiger partial charge < -0.3 is 9.57 Å². The SMILES string of the molecule is CCOC(=O)C1=NO[C@@H]2C(=O)N(CCc3ccccc3)C(=O)[C@H]12. The molecule has 1 aromatic carbocycles. The van der Waals surface area contributed by atoms with E-state index in [-0.39, 0.29) is 18.9 Å². The monoisotopic (exact) mass is 316 g/mol. The standard InChI is InChI=1S/C16H16N2O5/c1-2-22-16(21)12-11-13(23-17-12)15(20)18(14(11)19)9-8-10-6-4-3-5-7-10/h3-7,11,13H,2,8-9H2,1H3/t11-,13+/m1/s1. The maximum absolute atomic E-state index is 12.5. The Balaban J connectivity index is 1.71. The largest absolute Gasteiger partial charge is 0.461 e. The fourth-order valence-corrected chi connectivity index (χ4v) is 2.71. The first-order valence-electron chi connectivity index (χ1n) is 7.43. The van der Waals surface area contributed by atoms with Crippen LogP contribution in [0.5, 0.6) is 0 Å². The van der Waals surface area contributed by atoms with E-state index in [1.165, 1.54) is 0 Å². The van der Waals surface area contributed by atoms with Crippen molar-refractivity contribution in [3.63, 3.8) is 0 Å². The summed E-state index contributed by atoms with van der Waals surface area (Å²) in [5, 5.41) is 3.57. The highest BCUT2D eigenvalue weighted by molar-refractivity contribution is 6.43. The molecule has 7 heteroatoms. The van der Waals surface area contributed by atoms with E-state index in [4.69, 9.17) is 9.57 Å². The number of likely N-dealkylation sites (tertiary alicyclic amines) is 1. The van der Waals surface area contributed by atoms with Crippen molar-refractivity contribution in [3.05, 3.63) is 35.9 Å². The Labute approximate surface area is 132 Å². The molecule has 0 spiro atoms. The minimum Gasteiger partial charge on any atom is -0.461 e. The lowest BCUT2D eigenvalue weighted by molar-refractivity contribution is -0.143. The van der Waals surface area contributed by atoms with E-state index < -0.39 is 29.8 Å². The fraction of sp³-hybridized carbons (Fsp3) is 0.375. The Hall–Kier alpha value is -2.70. The van der Waals surface area contributed by atoms with Crippen LogP contribution in [-0.4, -0.2) is 47.7 Å². The van der Waals surface area contributed by atoms with Crippen LogP contribution in [0.1, 0.15) is 12.5 Å². The van der Waals surface area contributed by atoms with Gasteiger partial charge >= 0.3 is 5.97 Å². The smallest absolute Gasteiger partial charge is 0.357 e. The predicted molar refractivity (Wildman–Crippen MR) is 79.3 cm³/mol. The molecule has 7 nitrogen and oxygen atoms in total. The van der Waals surface area contributed by atoms with Crippen LogP contribution in [0, 0.1) is 5.92 Å². The number of benzene rings is 1. The van der Waals surface area contributed by atoms with Crippen molar-refractivity contribution < 1.29 is 24.0 Å².